The molecule has 112 valence electrons. The second kappa shape index (κ2) is 6.54. The quantitative estimate of drug-likeness (QED) is 0.760. The molecule has 0 fully saturated rings. The summed E-state index contributed by atoms with van der Waals surface area (Å²) >= 11 is 0. The van der Waals surface area contributed by atoms with Gasteiger partial charge in [-0.3, -0.25) is 4.79 Å². The van der Waals surface area contributed by atoms with Crippen LogP contribution in [0.25, 0.3) is 10.9 Å². The lowest BCUT2D eigenvalue weighted by Gasteiger charge is -2.13. The molecule has 2 aromatic carbocycles. The van der Waals surface area contributed by atoms with Crippen LogP contribution >= 0.6 is 0 Å². The normalized spacial score (nSPS) is 12.4. The second-order valence-electron chi connectivity index (χ2n) is 5.38. The van der Waals surface area contributed by atoms with Gasteiger partial charge in [-0.2, -0.15) is 0 Å². The summed E-state index contributed by atoms with van der Waals surface area (Å²) in [6.07, 6.45) is 0.947. The van der Waals surface area contributed by atoms with Gasteiger partial charge in [-0.05, 0) is 37.6 Å². The maximum absolute atomic E-state index is 12.1. The van der Waals surface area contributed by atoms with Gasteiger partial charge in [0, 0.05) is 0 Å². The molecule has 0 saturated heterocycles. The standard InChI is InChI=1S/C18H19N3O/c1-13(19-12-11-14-7-3-2-4-8-14)17-20-16-10-6-5-9-15(16)18(22)21-17/h2-10,13,19H,11-12H2,1H3,(H,20,21,22)/t13-/m1/s1. The summed E-state index contributed by atoms with van der Waals surface area (Å²) in [5.41, 5.74) is 1.94. The molecule has 0 aliphatic heterocycles. The molecule has 0 unspecified atom stereocenters. The van der Waals surface area contributed by atoms with Crippen LogP contribution in [-0.4, -0.2) is 16.5 Å². The van der Waals surface area contributed by atoms with Crippen LogP contribution in [0.15, 0.2) is 59.4 Å². The fraction of sp³-hybridized carbons (Fsp3) is 0.222. The van der Waals surface area contributed by atoms with Gasteiger partial charge in [-0.15, -0.1) is 0 Å². The van der Waals surface area contributed by atoms with Crippen LogP contribution in [0.4, 0.5) is 0 Å². The van der Waals surface area contributed by atoms with E-state index < -0.39 is 0 Å². The summed E-state index contributed by atoms with van der Waals surface area (Å²) in [6.45, 7) is 2.85. The third kappa shape index (κ3) is 3.23. The number of hydrogen-bond acceptors (Lipinski definition) is 3. The summed E-state index contributed by atoms with van der Waals surface area (Å²) in [6, 6.07) is 17.7. The van der Waals surface area contributed by atoms with E-state index in [0.717, 1.165) is 18.5 Å². The van der Waals surface area contributed by atoms with E-state index in [1.54, 1.807) is 6.07 Å². The highest BCUT2D eigenvalue weighted by molar-refractivity contribution is 5.77. The van der Waals surface area contributed by atoms with Gasteiger partial charge in [0.05, 0.1) is 16.9 Å². The zero-order valence-electron chi connectivity index (χ0n) is 12.5. The topological polar surface area (TPSA) is 57.8 Å². The number of aromatic amines is 1. The van der Waals surface area contributed by atoms with Crippen LogP contribution in [0.2, 0.25) is 0 Å². The van der Waals surface area contributed by atoms with Crippen molar-refractivity contribution in [2.24, 2.45) is 0 Å². The van der Waals surface area contributed by atoms with Crippen molar-refractivity contribution in [2.45, 2.75) is 19.4 Å². The molecule has 0 radical (unpaired) electrons. The smallest absolute Gasteiger partial charge is 0.258 e. The number of hydrogen-bond donors (Lipinski definition) is 2. The van der Waals surface area contributed by atoms with Gasteiger partial charge < -0.3 is 10.3 Å². The van der Waals surface area contributed by atoms with Crippen LogP contribution in [0.5, 0.6) is 0 Å². The van der Waals surface area contributed by atoms with Gasteiger partial charge in [0.15, 0.2) is 0 Å². The molecular weight excluding hydrogens is 274 g/mol. The molecule has 1 aromatic heterocycles. The first kappa shape index (κ1) is 14.5. The molecule has 0 amide bonds. The van der Waals surface area contributed by atoms with Gasteiger partial charge in [0.1, 0.15) is 5.82 Å². The van der Waals surface area contributed by atoms with E-state index in [4.69, 9.17) is 0 Å². The molecule has 0 spiro atoms. The molecule has 0 aliphatic carbocycles. The SMILES string of the molecule is C[C@@H](NCCc1ccccc1)c1nc2ccccc2c(=O)[nH]1. The third-order valence-electron chi connectivity index (χ3n) is 3.75. The second-order valence-corrected chi connectivity index (χ2v) is 5.38. The summed E-state index contributed by atoms with van der Waals surface area (Å²) in [7, 11) is 0. The van der Waals surface area contributed by atoms with E-state index in [1.807, 2.05) is 43.3 Å². The van der Waals surface area contributed by atoms with E-state index in [1.165, 1.54) is 5.56 Å². The molecule has 4 nitrogen and oxygen atoms in total. The maximum atomic E-state index is 12.1. The van der Waals surface area contributed by atoms with Gasteiger partial charge in [-0.1, -0.05) is 42.5 Å². The van der Waals surface area contributed by atoms with Gasteiger partial charge >= 0.3 is 0 Å². The van der Waals surface area contributed by atoms with E-state index >= 15 is 0 Å². The van der Waals surface area contributed by atoms with Crippen molar-refractivity contribution in [3.8, 4) is 0 Å². The number of aromatic nitrogens is 2. The van der Waals surface area contributed by atoms with Crippen molar-refractivity contribution in [3.63, 3.8) is 0 Å². The Hall–Kier alpha value is -2.46. The number of rotatable bonds is 5. The lowest BCUT2D eigenvalue weighted by Crippen LogP contribution is -2.25. The minimum absolute atomic E-state index is 0.000943. The van der Waals surface area contributed by atoms with E-state index in [2.05, 4.69) is 27.4 Å². The molecule has 4 heteroatoms. The van der Waals surface area contributed by atoms with Crippen molar-refractivity contribution in [2.75, 3.05) is 6.54 Å². The Bertz CT molecular complexity index is 811. The third-order valence-corrected chi connectivity index (χ3v) is 3.75. The molecule has 22 heavy (non-hydrogen) atoms. The fourth-order valence-electron chi connectivity index (χ4n) is 2.48. The van der Waals surface area contributed by atoms with Crippen molar-refractivity contribution >= 4 is 10.9 Å². The minimum atomic E-state index is -0.0858. The Morgan fingerprint density at radius 3 is 2.64 bits per heavy atom. The first-order valence-corrected chi connectivity index (χ1v) is 7.50. The zero-order valence-corrected chi connectivity index (χ0v) is 12.5. The average Bonchev–Trinajstić information content (AvgIpc) is 2.56. The monoisotopic (exact) mass is 293 g/mol. The van der Waals surface area contributed by atoms with Crippen LogP contribution in [0, 0.1) is 0 Å². The van der Waals surface area contributed by atoms with E-state index in [-0.39, 0.29) is 11.6 Å². The summed E-state index contributed by atoms with van der Waals surface area (Å²) in [5, 5.41) is 4.03. The Morgan fingerprint density at radius 2 is 1.82 bits per heavy atom. The van der Waals surface area contributed by atoms with Crippen LogP contribution in [-0.2, 0) is 6.42 Å². The number of fused-ring (bicyclic) bond motifs is 1. The summed E-state index contributed by atoms with van der Waals surface area (Å²) in [5.74, 6) is 0.678. The highest BCUT2D eigenvalue weighted by Gasteiger charge is 2.09. The van der Waals surface area contributed by atoms with Gasteiger partial charge in [0.25, 0.3) is 5.56 Å². The molecule has 0 saturated carbocycles. The molecule has 2 N–H and O–H groups in total. The predicted octanol–water partition coefficient (Wildman–Crippen LogP) is 2.82. The van der Waals surface area contributed by atoms with Crippen molar-refractivity contribution in [3.05, 3.63) is 76.3 Å². The molecule has 3 rings (SSSR count). The summed E-state index contributed by atoms with van der Waals surface area (Å²) in [4.78, 5) is 19.5. The molecular formula is C18H19N3O. The van der Waals surface area contributed by atoms with E-state index in [9.17, 15) is 4.79 Å². The Labute approximate surface area is 129 Å². The number of benzene rings is 2. The number of para-hydroxylation sites is 1. The Balaban J connectivity index is 1.70. The van der Waals surface area contributed by atoms with Crippen molar-refractivity contribution < 1.29 is 0 Å². The largest absolute Gasteiger partial charge is 0.309 e. The van der Waals surface area contributed by atoms with E-state index in [0.29, 0.717) is 11.2 Å². The van der Waals surface area contributed by atoms with Crippen molar-refractivity contribution in [1.82, 2.24) is 15.3 Å². The Kier molecular flexibility index (Phi) is 4.30. The van der Waals surface area contributed by atoms with Gasteiger partial charge in [-0.25, -0.2) is 4.98 Å². The average molecular weight is 293 g/mol. The number of H-pyrrole nitrogens is 1. The first-order chi connectivity index (χ1) is 10.7. The van der Waals surface area contributed by atoms with Crippen LogP contribution in [0.3, 0.4) is 0 Å². The van der Waals surface area contributed by atoms with Crippen LogP contribution in [0.1, 0.15) is 24.4 Å². The lowest BCUT2D eigenvalue weighted by molar-refractivity contribution is 0.549. The number of nitrogens with zero attached hydrogens (tertiary/aromatic N) is 1. The highest BCUT2D eigenvalue weighted by Crippen LogP contribution is 2.10. The maximum Gasteiger partial charge on any atom is 0.258 e. The molecule has 1 heterocycles. The van der Waals surface area contributed by atoms with Crippen LogP contribution < -0.4 is 10.9 Å². The predicted molar refractivity (Wildman–Crippen MR) is 88.9 cm³/mol. The molecule has 0 bridgehead atoms. The molecule has 3 aromatic rings. The summed E-state index contributed by atoms with van der Waals surface area (Å²) < 4.78 is 0. The zero-order chi connectivity index (χ0) is 15.4. The fourth-order valence-corrected chi connectivity index (χ4v) is 2.48. The minimum Gasteiger partial charge on any atom is -0.309 e. The lowest BCUT2D eigenvalue weighted by atomic mass is 10.1. The Morgan fingerprint density at radius 1 is 1.09 bits per heavy atom. The highest BCUT2D eigenvalue weighted by atomic mass is 16.1. The molecule has 1 atom stereocenters. The van der Waals surface area contributed by atoms with Gasteiger partial charge in [0.2, 0.25) is 0 Å². The first-order valence-electron chi connectivity index (χ1n) is 7.50. The molecule has 0 aliphatic rings. The number of nitrogens with one attached hydrogen (secondary N) is 2. The van der Waals surface area contributed by atoms with Crippen molar-refractivity contribution in [1.29, 1.82) is 0 Å².